The van der Waals surface area contributed by atoms with Crippen molar-refractivity contribution >= 4 is 27.5 Å². The molecule has 1 aliphatic rings. The summed E-state index contributed by atoms with van der Waals surface area (Å²) in [7, 11) is -1.39. The lowest BCUT2D eigenvalue weighted by Crippen LogP contribution is -2.43. The van der Waals surface area contributed by atoms with E-state index in [1.54, 1.807) is 22.7 Å². The predicted octanol–water partition coefficient (Wildman–Crippen LogP) is 0.663. The quantitative estimate of drug-likeness (QED) is 0.663. The molecule has 1 saturated heterocycles. The third-order valence-electron chi connectivity index (χ3n) is 4.80. The van der Waals surface area contributed by atoms with E-state index in [2.05, 4.69) is 15.7 Å². The Morgan fingerprint density at radius 1 is 1.17 bits per heavy atom. The first-order valence-corrected chi connectivity index (χ1v) is 11.6. The highest BCUT2D eigenvalue weighted by Crippen LogP contribution is 2.17. The molecule has 0 saturated carbocycles. The number of carbonyl (C=O) groups excluding carboxylic acids is 2. The number of likely N-dealkylation sites (N-methyl/N-ethyl adjacent to an activating group) is 1. The number of nitrogens with zero attached hydrogens (tertiary/aromatic N) is 3. The van der Waals surface area contributed by atoms with Crippen LogP contribution in [0.4, 0.5) is 5.82 Å². The maximum absolute atomic E-state index is 12.5. The van der Waals surface area contributed by atoms with E-state index in [0.717, 1.165) is 16.9 Å². The van der Waals surface area contributed by atoms with Gasteiger partial charge in [0.05, 0.1) is 36.0 Å². The number of carbonyl (C=O) groups is 2. The average Bonchev–Trinajstić information content (AvgIpc) is 3.16. The average molecular weight is 434 g/mol. The number of hydrogen-bond acceptors (Lipinski definition) is 6. The highest BCUT2D eigenvalue weighted by atomic mass is 32.2. The number of hydrogen-bond donors (Lipinski definition) is 2. The maximum Gasteiger partial charge on any atom is 0.239 e. The second-order valence-electron chi connectivity index (χ2n) is 7.81. The van der Waals surface area contributed by atoms with Crippen molar-refractivity contribution in [3.05, 3.63) is 41.6 Å². The van der Waals surface area contributed by atoms with E-state index in [-0.39, 0.29) is 42.5 Å². The summed E-state index contributed by atoms with van der Waals surface area (Å²) in [4.78, 5) is 26.2. The molecular weight excluding hydrogens is 406 g/mol. The molecule has 1 aromatic heterocycles. The molecule has 0 bridgehead atoms. The molecule has 30 heavy (non-hydrogen) atoms. The van der Waals surface area contributed by atoms with Gasteiger partial charge in [0.25, 0.3) is 0 Å². The smallest absolute Gasteiger partial charge is 0.239 e. The van der Waals surface area contributed by atoms with Gasteiger partial charge in [-0.15, -0.1) is 0 Å². The van der Waals surface area contributed by atoms with Crippen molar-refractivity contribution < 1.29 is 18.0 Å². The van der Waals surface area contributed by atoms with Crippen molar-refractivity contribution in [3.63, 3.8) is 0 Å². The summed E-state index contributed by atoms with van der Waals surface area (Å²) in [5.41, 5.74) is 2.73. The molecule has 162 valence electrons. The van der Waals surface area contributed by atoms with E-state index in [1.165, 1.54) is 0 Å². The Morgan fingerprint density at radius 3 is 2.47 bits per heavy atom. The molecule has 2 N–H and O–H groups in total. The molecule has 9 nitrogen and oxygen atoms in total. The standard InChI is InChI=1S/C20H27N5O4S/c1-14-4-6-17(7-5-14)25-18(10-15(2)23-25)22-20(27)12-24(3)11-19(26)21-16-8-9-30(28,29)13-16/h4-7,10,16H,8-9,11-13H2,1-3H3,(H,21,26)(H,22,27). The zero-order valence-electron chi connectivity index (χ0n) is 17.4. The molecule has 1 atom stereocenters. The molecule has 1 unspecified atom stereocenters. The van der Waals surface area contributed by atoms with E-state index in [9.17, 15) is 18.0 Å². The topological polar surface area (TPSA) is 113 Å². The van der Waals surface area contributed by atoms with Gasteiger partial charge in [-0.1, -0.05) is 17.7 Å². The Labute approximate surface area is 176 Å². The Bertz CT molecular complexity index is 1030. The monoisotopic (exact) mass is 433 g/mol. The summed E-state index contributed by atoms with van der Waals surface area (Å²) < 4.78 is 24.6. The van der Waals surface area contributed by atoms with Gasteiger partial charge < -0.3 is 10.6 Å². The van der Waals surface area contributed by atoms with Crippen LogP contribution < -0.4 is 10.6 Å². The molecule has 2 aromatic rings. The van der Waals surface area contributed by atoms with Crippen molar-refractivity contribution in [2.24, 2.45) is 0 Å². The summed E-state index contributed by atoms with van der Waals surface area (Å²) in [5.74, 6) is 0.0561. The Hall–Kier alpha value is -2.72. The minimum absolute atomic E-state index is 0.000218. The Morgan fingerprint density at radius 2 is 1.83 bits per heavy atom. The van der Waals surface area contributed by atoms with E-state index >= 15 is 0 Å². The molecule has 2 heterocycles. The fourth-order valence-electron chi connectivity index (χ4n) is 3.38. The number of benzene rings is 1. The van der Waals surface area contributed by atoms with Crippen LogP contribution in [0.25, 0.3) is 5.69 Å². The number of nitrogens with one attached hydrogen (secondary N) is 2. The SMILES string of the molecule is Cc1ccc(-n2nc(C)cc2NC(=O)CN(C)CC(=O)NC2CCS(=O)(=O)C2)cc1. The van der Waals surface area contributed by atoms with Gasteiger partial charge >= 0.3 is 0 Å². The molecule has 10 heteroatoms. The van der Waals surface area contributed by atoms with Crippen molar-refractivity contribution in [1.29, 1.82) is 0 Å². The number of rotatable bonds is 7. The maximum atomic E-state index is 12.5. The van der Waals surface area contributed by atoms with Crippen LogP contribution >= 0.6 is 0 Å². The fraction of sp³-hybridized carbons (Fsp3) is 0.450. The number of sulfone groups is 1. The van der Waals surface area contributed by atoms with Gasteiger partial charge in [-0.3, -0.25) is 14.5 Å². The highest BCUT2D eigenvalue weighted by molar-refractivity contribution is 7.91. The molecule has 0 spiro atoms. The third kappa shape index (κ3) is 5.90. The number of anilines is 1. The highest BCUT2D eigenvalue weighted by Gasteiger charge is 2.29. The van der Waals surface area contributed by atoms with Gasteiger partial charge in [-0.2, -0.15) is 5.10 Å². The van der Waals surface area contributed by atoms with Crippen LogP contribution in [0.5, 0.6) is 0 Å². The first kappa shape index (κ1) is 22.0. The fourth-order valence-corrected chi connectivity index (χ4v) is 5.06. The molecule has 1 aliphatic heterocycles. The summed E-state index contributed by atoms with van der Waals surface area (Å²) in [5, 5.41) is 10.00. The number of aromatic nitrogens is 2. The van der Waals surface area contributed by atoms with Crippen LogP contribution in [-0.4, -0.2) is 72.6 Å². The number of amides is 2. The van der Waals surface area contributed by atoms with Crippen molar-refractivity contribution in [2.45, 2.75) is 26.3 Å². The van der Waals surface area contributed by atoms with Crippen LogP contribution in [0, 0.1) is 13.8 Å². The summed E-state index contributed by atoms with van der Waals surface area (Å²) in [6.45, 7) is 3.85. The molecule has 3 rings (SSSR count). The molecule has 0 radical (unpaired) electrons. The van der Waals surface area contributed by atoms with Gasteiger partial charge in [0, 0.05) is 12.1 Å². The second-order valence-corrected chi connectivity index (χ2v) is 10.0. The summed E-state index contributed by atoms with van der Waals surface area (Å²) in [6, 6.07) is 9.23. The zero-order valence-corrected chi connectivity index (χ0v) is 18.2. The van der Waals surface area contributed by atoms with Crippen molar-refractivity contribution in [3.8, 4) is 5.69 Å². The molecule has 0 aliphatic carbocycles. The van der Waals surface area contributed by atoms with E-state index in [1.807, 2.05) is 38.1 Å². The molecule has 1 fully saturated rings. The van der Waals surface area contributed by atoms with Crippen LogP contribution in [0.15, 0.2) is 30.3 Å². The summed E-state index contributed by atoms with van der Waals surface area (Å²) in [6.07, 6.45) is 0.431. The van der Waals surface area contributed by atoms with Gasteiger partial charge in [0.2, 0.25) is 11.8 Å². The Balaban J connectivity index is 1.54. The first-order chi connectivity index (χ1) is 14.1. The molecule has 1 aromatic carbocycles. The predicted molar refractivity (Wildman–Crippen MR) is 114 cm³/mol. The minimum atomic E-state index is -3.05. The second kappa shape index (κ2) is 8.97. The normalized spacial score (nSPS) is 17.8. The minimum Gasteiger partial charge on any atom is -0.351 e. The van der Waals surface area contributed by atoms with Gasteiger partial charge in [0.1, 0.15) is 5.82 Å². The molecule has 2 amide bonds. The van der Waals surface area contributed by atoms with Crippen LogP contribution in [0.3, 0.4) is 0 Å². The van der Waals surface area contributed by atoms with Gasteiger partial charge in [-0.25, -0.2) is 13.1 Å². The Kier molecular flexibility index (Phi) is 6.57. The van der Waals surface area contributed by atoms with Crippen molar-refractivity contribution in [2.75, 3.05) is 37.0 Å². The first-order valence-electron chi connectivity index (χ1n) is 9.73. The van der Waals surface area contributed by atoms with Gasteiger partial charge in [0.15, 0.2) is 9.84 Å². The third-order valence-corrected chi connectivity index (χ3v) is 6.57. The lowest BCUT2D eigenvalue weighted by Gasteiger charge is -2.18. The van der Waals surface area contributed by atoms with Crippen LogP contribution in [-0.2, 0) is 19.4 Å². The van der Waals surface area contributed by atoms with E-state index in [4.69, 9.17) is 0 Å². The number of aryl methyl sites for hydroxylation is 2. The van der Waals surface area contributed by atoms with Crippen LogP contribution in [0.1, 0.15) is 17.7 Å². The van der Waals surface area contributed by atoms with Gasteiger partial charge in [-0.05, 0) is 39.4 Å². The lowest BCUT2D eigenvalue weighted by atomic mass is 10.2. The zero-order chi connectivity index (χ0) is 21.9. The summed E-state index contributed by atoms with van der Waals surface area (Å²) >= 11 is 0. The lowest BCUT2D eigenvalue weighted by molar-refractivity contribution is -0.123. The van der Waals surface area contributed by atoms with E-state index < -0.39 is 9.84 Å². The largest absolute Gasteiger partial charge is 0.351 e. The molecular formula is C20H27N5O4S. The van der Waals surface area contributed by atoms with E-state index in [0.29, 0.717) is 12.2 Å². The van der Waals surface area contributed by atoms with Crippen molar-refractivity contribution in [1.82, 2.24) is 20.0 Å². The van der Waals surface area contributed by atoms with Crippen LogP contribution in [0.2, 0.25) is 0 Å².